The number of nitriles is 1. The summed E-state index contributed by atoms with van der Waals surface area (Å²) in [5.74, 6) is -0.709. The summed E-state index contributed by atoms with van der Waals surface area (Å²) in [6, 6.07) is 12.2. The molecule has 0 N–H and O–H groups in total. The molecule has 1 amide bonds. The van der Waals surface area contributed by atoms with Crippen LogP contribution >= 0.6 is 0 Å². The lowest BCUT2D eigenvalue weighted by atomic mass is 10.0. The summed E-state index contributed by atoms with van der Waals surface area (Å²) >= 11 is 0. The Labute approximate surface area is 128 Å². The van der Waals surface area contributed by atoms with E-state index in [0.717, 1.165) is 5.56 Å². The minimum absolute atomic E-state index is 0.0609. The molecule has 0 spiro atoms. The quantitative estimate of drug-likeness (QED) is 0.640. The van der Waals surface area contributed by atoms with Gasteiger partial charge in [-0.1, -0.05) is 29.8 Å². The number of pyridine rings is 1. The van der Waals surface area contributed by atoms with E-state index in [1.165, 1.54) is 18.1 Å². The summed E-state index contributed by atoms with van der Waals surface area (Å²) in [5.41, 5.74) is 1.84. The van der Waals surface area contributed by atoms with E-state index < -0.39 is 5.91 Å². The van der Waals surface area contributed by atoms with E-state index >= 15 is 0 Å². The summed E-state index contributed by atoms with van der Waals surface area (Å²) in [6.07, 6.45) is 1.46. The molecule has 0 aliphatic carbocycles. The van der Waals surface area contributed by atoms with Crippen molar-refractivity contribution in [3.8, 4) is 6.07 Å². The van der Waals surface area contributed by atoms with Gasteiger partial charge in [0.25, 0.3) is 5.91 Å². The smallest absolute Gasteiger partial charge is 0.273 e. The van der Waals surface area contributed by atoms with Crippen LogP contribution in [0.5, 0.6) is 0 Å². The number of carbonyl (C=O) groups excluding carboxylic acids is 2. The minimum atomic E-state index is -0.447. The van der Waals surface area contributed by atoms with Crippen molar-refractivity contribution < 1.29 is 9.59 Å². The van der Waals surface area contributed by atoms with Crippen molar-refractivity contribution in [1.82, 2.24) is 9.88 Å². The Kier molecular flexibility index (Phi) is 4.64. The van der Waals surface area contributed by atoms with E-state index in [-0.39, 0.29) is 23.6 Å². The number of hydrogen-bond donors (Lipinski definition) is 0. The van der Waals surface area contributed by atoms with Crippen LogP contribution in [0.3, 0.4) is 0 Å². The summed E-state index contributed by atoms with van der Waals surface area (Å²) in [7, 11) is 1.50. The number of amides is 1. The van der Waals surface area contributed by atoms with Crippen LogP contribution < -0.4 is 0 Å². The summed E-state index contributed by atoms with van der Waals surface area (Å²) in [4.78, 5) is 30.1. The Morgan fingerprint density at radius 1 is 1.23 bits per heavy atom. The molecule has 5 heteroatoms. The first-order valence-electron chi connectivity index (χ1n) is 6.73. The highest BCUT2D eigenvalue weighted by molar-refractivity contribution is 6.14. The predicted octanol–water partition coefficient (Wildman–Crippen LogP) is 2.22. The van der Waals surface area contributed by atoms with Gasteiger partial charge in [0.1, 0.15) is 12.2 Å². The predicted molar refractivity (Wildman–Crippen MR) is 81.4 cm³/mol. The maximum Gasteiger partial charge on any atom is 0.273 e. The highest BCUT2D eigenvalue weighted by atomic mass is 16.2. The normalized spacial score (nSPS) is 9.86. The third-order valence-electron chi connectivity index (χ3n) is 3.22. The van der Waals surface area contributed by atoms with Gasteiger partial charge in [-0.3, -0.25) is 14.6 Å². The van der Waals surface area contributed by atoms with Crippen molar-refractivity contribution in [1.29, 1.82) is 5.26 Å². The van der Waals surface area contributed by atoms with Crippen molar-refractivity contribution in [3.05, 3.63) is 65.0 Å². The highest BCUT2D eigenvalue weighted by Crippen LogP contribution is 2.15. The molecule has 0 fully saturated rings. The van der Waals surface area contributed by atoms with E-state index in [2.05, 4.69) is 4.98 Å². The second kappa shape index (κ2) is 6.64. The van der Waals surface area contributed by atoms with Crippen LogP contribution in [0.4, 0.5) is 0 Å². The van der Waals surface area contributed by atoms with E-state index in [9.17, 15) is 9.59 Å². The first kappa shape index (κ1) is 15.4. The van der Waals surface area contributed by atoms with Gasteiger partial charge in [-0.2, -0.15) is 5.26 Å². The Balaban J connectivity index is 2.40. The second-order valence-electron chi connectivity index (χ2n) is 4.91. The maximum atomic E-state index is 12.6. The van der Waals surface area contributed by atoms with Crippen LogP contribution in [-0.4, -0.2) is 35.2 Å². The fourth-order valence-corrected chi connectivity index (χ4v) is 1.98. The molecular formula is C17H15N3O2. The molecule has 1 aromatic carbocycles. The molecule has 0 bridgehead atoms. The zero-order chi connectivity index (χ0) is 16.1. The molecule has 5 nitrogen and oxygen atoms in total. The number of hydrogen-bond acceptors (Lipinski definition) is 4. The van der Waals surface area contributed by atoms with Crippen LogP contribution in [-0.2, 0) is 0 Å². The fraction of sp³-hybridized carbons (Fsp3) is 0.176. The first-order chi connectivity index (χ1) is 10.5. The Morgan fingerprint density at radius 3 is 2.55 bits per heavy atom. The number of benzene rings is 1. The van der Waals surface area contributed by atoms with Crippen molar-refractivity contribution >= 4 is 11.7 Å². The highest BCUT2D eigenvalue weighted by Gasteiger charge is 2.21. The number of rotatable bonds is 4. The molecule has 22 heavy (non-hydrogen) atoms. The van der Waals surface area contributed by atoms with E-state index in [1.54, 1.807) is 24.3 Å². The molecule has 0 radical (unpaired) electrons. The lowest BCUT2D eigenvalue weighted by molar-refractivity contribution is 0.0801. The summed E-state index contributed by atoms with van der Waals surface area (Å²) in [5, 5.41) is 8.68. The van der Waals surface area contributed by atoms with E-state index in [0.29, 0.717) is 5.56 Å². The van der Waals surface area contributed by atoms with Gasteiger partial charge >= 0.3 is 0 Å². The topological polar surface area (TPSA) is 74.1 Å². The maximum absolute atomic E-state index is 12.6. The van der Waals surface area contributed by atoms with Crippen molar-refractivity contribution in [3.63, 3.8) is 0 Å². The summed E-state index contributed by atoms with van der Waals surface area (Å²) < 4.78 is 0. The molecule has 0 aliphatic rings. The van der Waals surface area contributed by atoms with Gasteiger partial charge in [-0.15, -0.1) is 0 Å². The number of ketones is 1. The van der Waals surface area contributed by atoms with Crippen LogP contribution in [0.25, 0.3) is 0 Å². The average Bonchev–Trinajstić information content (AvgIpc) is 2.54. The minimum Gasteiger partial charge on any atom is -0.327 e. The van der Waals surface area contributed by atoms with Crippen LogP contribution in [0.1, 0.15) is 32.0 Å². The lowest BCUT2D eigenvalue weighted by Crippen LogP contribution is -2.29. The number of aromatic nitrogens is 1. The fourth-order valence-electron chi connectivity index (χ4n) is 1.98. The number of carbonyl (C=O) groups is 2. The molecule has 0 unspecified atom stereocenters. The molecular weight excluding hydrogens is 278 g/mol. The van der Waals surface area contributed by atoms with Crippen molar-refractivity contribution in [2.75, 3.05) is 13.6 Å². The molecule has 2 rings (SSSR count). The molecule has 110 valence electrons. The van der Waals surface area contributed by atoms with E-state index in [1.807, 2.05) is 25.1 Å². The third-order valence-corrected chi connectivity index (χ3v) is 3.22. The molecule has 1 heterocycles. The van der Waals surface area contributed by atoms with Crippen LogP contribution in [0, 0.1) is 18.3 Å². The van der Waals surface area contributed by atoms with Gasteiger partial charge in [-0.05, 0) is 19.1 Å². The zero-order valence-electron chi connectivity index (χ0n) is 12.4. The van der Waals surface area contributed by atoms with Gasteiger partial charge in [0.05, 0.1) is 11.6 Å². The second-order valence-corrected chi connectivity index (χ2v) is 4.91. The van der Waals surface area contributed by atoms with Crippen molar-refractivity contribution in [2.24, 2.45) is 0 Å². The average molecular weight is 293 g/mol. The zero-order valence-corrected chi connectivity index (χ0v) is 12.4. The van der Waals surface area contributed by atoms with Gasteiger partial charge < -0.3 is 4.90 Å². The lowest BCUT2D eigenvalue weighted by Gasteiger charge is -2.14. The van der Waals surface area contributed by atoms with Gasteiger partial charge in [0, 0.05) is 18.8 Å². The first-order valence-corrected chi connectivity index (χ1v) is 6.73. The van der Waals surface area contributed by atoms with Crippen molar-refractivity contribution in [2.45, 2.75) is 6.92 Å². The standard InChI is InChI=1S/C17H15N3O2/c1-12-5-7-13(8-6-12)16(21)14-4-3-10-19-15(14)17(22)20(2)11-9-18/h3-8,10H,11H2,1-2H3. The van der Waals surface area contributed by atoms with Crippen LogP contribution in [0.15, 0.2) is 42.6 Å². The Bertz CT molecular complexity index is 745. The molecule has 2 aromatic rings. The number of nitrogens with zero attached hydrogens (tertiary/aromatic N) is 3. The third kappa shape index (κ3) is 3.18. The van der Waals surface area contributed by atoms with Gasteiger partial charge in [-0.25, -0.2) is 0 Å². The molecule has 0 atom stereocenters. The monoisotopic (exact) mass is 293 g/mol. The van der Waals surface area contributed by atoms with E-state index in [4.69, 9.17) is 5.26 Å². The number of aryl methyl sites for hydroxylation is 1. The van der Waals surface area contributed by atoms with Gasteiger partial charge in [0.2, 0.25) is 0 Å². The molecule has 0 saturated heterocycles. The largest absolute Gasteiger partial charge is 0.327 e. The molecule has 0 aliphatic heterocycles. The SMILES string of the molecule is Cc1ccc(C(=O)c2cccnc2C(=O)N(C)CC#N)cc1. The Hall–Kier alpha value is -3.00. The van der Waals surface area contributed by atoms with Gasteiger partial charge in [0.15, 0.2) is 5.78 Å². The van der Waals surface area contributed by atoms with Crippen LogP contribution in [0.2, 0.25) is 0 Å². The molecule has 1 aromatic heterocycles. The molecule has 0 saturated carbocycles. The summed E-state index contributed by atoms with van der Waals surface area (Å²) in [6.45, 7) is 1.87. The Morgan fingerprint density at radius 2 is 1.91 bits per heavy atom.